The fourth-order valence-electron chi connectivity index (χ4n) is 5.38. The number of hydrogen-bond donors (Lipinski definition) is 2. The molecule has 2 aromatic carbocycles. The molecule has 0 saturated heterocycles. The summed E-state index contributed by atoms with van der Waals surface area (Å²) in [5.74, 6) is -0.914. The van der Waals surface area contributed by atoms with Gasteiger partial charge in [0.15, 0.2) is 0 Å². The fraction of sp³-hybridized carbons (Fsp3) is 0.533. The van der Waals surface area contributed by atoms with Crippen LogP contribution in [-0.4, -0.2) is 46.7 Å². The molecule has 1 aliphatic carbocycles. The van der Waals surface area contributed by atoms with Crippen molar-refractivity contribution in [1.82, 2.24) is 10.2 Å². The standard InChI is InChI=1S/C30H36F6N2O4/c1-28(2,3)38(27(40)41)25-11-9-21(10-12-25)26(39)37-16-22(20-7-5-4-6-8-20)18-42-17-19-13-23(29(31,32)33)15-24(14-19)30(34,35)36/h4-8,13-15,21-22,25H,9-12,16-18H2,1-3H3,(H,37,39)(H,40,41). The van der Waals surface area contributed by atoms with Crippen LogP contribution >= 0.6 is 0 Å². The summed E-state index contributed by atoms with van der Waals surface area (Å²) in [4.78, 5) is 26.2. The molecule has 0 radical (unpaired) electrons. The van der Waals surface area contributed by atoms with Crippen LogP contribution in [0.3, 0.4) is 0 Å². The Kier molecular flexibility index (Phi) is 10.6. The zero-order valence-corrected chi connectivity index (χ0v) is 23.7. The average molecular weight is 603 g/mol. The quantitative estimate of drug-likeness (QED) is 0.292. The van der Waals surface area contributed by atoms with Gasteiger partial charge in [-0.15, -0.1) is 0 Å². The number of halogens is 6. The van der Waals surface area contributed by atoms with E-state index in [1.165, 1.54) is 4.90 Å². The van der Waals surface area contributed by atoms with Crippen molar-refractivity contribution in [3.05, 3.63) is 70.8 Å². The largest absolute Gasteiger partial charge is 0.465 e. The number of nitrogens with zero attached hydrogens (tertiary/aromatic N) is 1. The van der Waals surface area contributed by atoms with Crippen LogP contribution in [0.4, 0.5) is 31.1 Å². The molecule has 2 amide bonds. The highest BCUT2D eigenvalue weighted by molar-refractivity contribution is 5.78. The lowest BCUT2D eigenvalue weighted by molar-refractivity contribution is -0.143. The Morgan fingerprint density at radius 1 is 0.929 bits per heavy atom. The summed E-state index contributed by atoms with van der Waals surface area (Å²) < 4.78 is 84.9. The van der Waals surface area contributed by atoms with Gasteiger partial charge in [0.1, 0.15) is 0 Å². The number of nitrogens with one attached hydrogen (secondary N) is 1. The second-order valence-corrected chi connectivity index (χ2v) is 11.6. The fourth-order valence-corrected chi connectivity index (χ4v) is 5.38. The van der Waals surface area contributed by atoms with Crippen LogP contribution in [0, 0.1) is 5.92 Å². The third-order valence-electron chi connectivity index (χ3n) is 7.39. The van der Waals surface area contributed by atoms with Gasteiger partial charge in [-0.05, 0) is 75.8 Å². The van der Waals surface area contributed by atoms with Gasteiger partial charge in [0.25, 0.3) is 0 Å². The lowest BCUT2D eigenvalue weighted by Gasteiger charge is -2.42. The maximum atomic E-state index is 13.2. The highest BCUT2D eigenvalue weighted by Crippen LogP contribution is 2.37. The molecule has 1 saturated carbocycles. The van der Waals surface area contributed by atoms with Gasteiger partial charge in [-0.2, -0.15) is 26.3 Å². The van der Waals surface area contributed by atoms with Gasteiger partial charge < -0.3 is 20.1 Å². The van der Waals surface area contributed by atoms with Crippen molar-refractivity contribution < 1.29 is 45.8 Å². The van der Waals surface area contributed by atoms with Crippen molar-refractivity contribution in [2.24, 2.45) is 5.92 Å². The van der Waals surface area contributed by atoms with Crippen molar-refractivity contribution in [2.75, 3.05) is 13.2 Å². The Morgan fingerprint density at radius 3 is 1.95 bits per heavy atom. The smallest absolute Gasteiger partial charge is 0.416 e. The Hall–Kier alpha value is -3.28. The van der Waals surface area contributed by atoms with Gasteiger partial charge in [-0.1, -0.05) is 30.3 Å². The minimum Gasteiger partial charge on any atom is -0.465 e. The molecule has 2 N–H and O–H groups in total. The molecule has 0 bridgehead atoms. The first-order valence-corrected chi connectivity index (χ1v) is 13.7. The van der Waals surface area contributed by atoms with E-state index in [1.54, 1.807) is 30.3 Å². The number of carboxylic acid groups (broad SMARTS) is 1. The molecule has 1 fully saturated rings. The molecule has 0 spiro atoms. The van der Waals surface area contributed by atoms with Gasteiger partial charge in [-0.25, -0.2) is 4.79 Å². The maximum Gasteiger partial charge on any atom is 0.416 e. The van der Waals surface area contributed by atoms with Crippen LogP contribution in [0.25, 0.3) is 0 Å². The molecular weight excluding hydrogens is 566 g/mol. The van der Waals surface area contributed by atoms with Crippen LogP contribution in [0.5, 0.6) is 0 Å². The normalized spacial score (nSPS) is 18.8. The summed E-state index contributed by atoms with van der Waals surface area (Å²) in [7, 11) is 0. The molecule has 3 rings (SSSR count). The van der Waals surface area contributed by atoms with Crippen LogP contribution in [0.2, 0.25) is 0 Å². The Balaban J connectivity index is 1.63. The second-order valence-electron chi connectivity index (χ2n) is 11.6. The molecule has 42 heavy (non-hydrogen) atoms. The van der Waals surface area contributed by atoms with E-state index in [-0.39, 0.29) is 42.6 Å². The second kappa shape index (κ2) is 13.4. The Morgan fingerprint density at radius 2 is 1.48 bits per heavy atom. The SMILES string of the molecule is CC(C)(C)N(C(=O)O)C1CCC(C(=O)NCC(COCc2cc(C(F)(F)F)cc(C(F)(F)F)c2)c2ccccc2)CC1. The van der Waals surface area contributed by atoms with E-state index < -0.39 is 47.6 Å². The van der Waals surface area contributed by atoms with Gasteiger partial charge >= 0.3 is 18.4 Å². The van der Waals surface area contributed by atoms with Crippen LogP contribution in [0.15, 0.2) is 48.5 Å². The summed E-state index contributed by atoms with van der Waals surface area (Å²) in [5.41, 5.74) is -2.88. The third-order valence-corrected chi connectivity index (χ3v) is 7.39. The number of carbonyl (C=O) groups is 2. The molecule has 6 nitrogen and oxygen atoms in total. The molecule has 1 aliphatic rings. The van der Waals surface area contributed by atoms with E-state index >= 15 is 0 Å². The zero-order valence-electron chi connectivity index (χ0n) is 23.7. The molecule has 0 aliphatic heterocycles. The number of alkyl halides is 6. The lowest BCUT2D eigenvalue weighted by atomic mass is 9.83. The van der Waals surface area contributed by atoms with Crippen molar-refractivity contribution in [2.45, 2.75) is 82.9 Å². The van der Waals surface area contributed by atoms with Crippen molar-refractivity contribution in [3.8, 4) is 0 Å². The number of hydrogen-bond acceptors (Lipinski definition) is 3. The predicted octanol–water partition coefficient (Wildman–Crippen LogP) is 7.48. The van der Waals surface area contributed by atoms with E-state index in [0.29, 0.717) is 37.8 Å². The molecule has 232 valence electrons. The predicted molar refractivity (Wildman–Crippen MR) is 144 cm³/mol. The molecule has 1 unspecified atom stereocenters. The monoisotopic (exact) mass is 602 g/mol. The molecule has 1 atom stereocenters. The number of rotatable bonds is 9. The van der Waals surface area contributed by atoms with Gasteiger partial charge in [0.05, 0.1) is 24.3 Å². The molecule has 2 aromatic rings. The molecule has 0 aromatic heterocycles. The molecule has 0 heterocycles. The van der Waals surface area contributed by atoms with Crippen molar-refractivity contribution >= 4 is 12.0 Å². The number of benzene rings is 2. The van der Waals surface area contributed by atoms with Gasteiger partial charge in [0.2, 0.25) is 5.91 Å². The number of ether oxygens (including phenoxy) is 1. The third kappa shape index (κ3) is 9.11. The average Bonchev–Trinajstić information content (AvgIpc) is 2.89. The highest BCUT2D eigenvalue weighted by Gasteiger charge is 2.38. The summed E-state index contributed by atoms with van der Waals surface area (Å²) in [6.07, 6.45) is -8.79. The van der Waals surface area contributed by atoms with Crippen LogP contribution in [0.1, 0.15) is 74.6 Å². The van der Waals surface area contributed by atoms with E-state index in [4.69, 9.17) is 4.74 Å². The van der Waals surface area contributed by atoms with Crippen molar-refractivity contribution in [3.63, 3.8) is 0 Å². The van der Waals surface area contributed by atoms with E-state index in [0.717, 1.165) is 5.56 Å². The highest BCUT2D eigenvalue weighted by atomic mass is 19.4. The number of carbonyl (C=O) groups excluding carboxylic acids is 1. The number of amides is 2. The first-order valence-electron chi connectivity index (χ1n) is 13.7. The van der Waals surface area contributed by atoms with Crippen LogP contribution in [-0.2, 0) is 28.5 Å². The topological polar surface area (TPSA) is 78.9 Å². The summed E-state index contributed by atoms with van der Waals surface area (Å²) in [6.45, 7) is 5.08. The van der Waals surface area contributed by atoms with Crippen LogP contribution < -0.4 is 5.32 Å². The van der Waals surface area contributed by atoms with E-state index in [1.807, 2.05) is 20.8 Å². The first kappa shape index (κ1) is 33.2. The Bertz CT molecular complexity index is 1170. The summed E-state index contributed by atoms with van der Waals surface area (Å²) >= 11 is 0. The Labute approximate surface area is 241 Å². The minimum atomic E-state index is -4.95. The zero-order chi connectivity index (χ0) is 31.3. The summed E-state index contributed by atoms with van der Waals surface area (Å²) in [6, 6.07) is 10.1. The molecular formula is C30H36F6N2O4. The van der Waals surface area contributed by atoms with Gasteiger partial charge in [-0.3, -0.25) is 4.79 Å². The van der Waals surface area contributed by atoms with E-state index in [9.17, 15) is 41.0 Å². The maximum absolute atomic E-state index is 13.2. The van der Waals surface area contributed by atoms with E-state index in [2.05, 4.69) is 5.32 Å². The first-order chi connectivity index (χ1) is 19.5. The minimum absolute atomic E-state index is 0.0617. The van der Waals surface area contributed by atoms with Gasteiger partial charge in [0, 0.05) is 30.0 Å². The summed E-state index contributed by atoms with van der Waals surface area (Å²) in [5, 5.41) is 12.6. The lowest BCUT2D eigenvalue weighted by Crippen LogP contribution is -2.52. The van der Waals surface area contributed by atoms with Crippen molar-refractivity contribution in [1.29, 1.82) is 0 Å². The molecule has 12 heteroatoms.